The van der Waals surface area contributed by atoms with Crippen LogP contribution in [0, 0.1) is 11.3 Å². The van der Waals surface area contributed by atoms with Gasteiger partial charge in [-0.15, -0.1) is 0 Å². The third-order valence-electron chi connectivity index (χ3n) is 7.58. The molecule has 214 valence electrons. The van der Waals surface area contributed by atoms with E-state index in [1.165, 1.54) is 7.11 Å². The number of aromatic nitrogens is 2. The summed E-state index contributed by atoms with van der Waals surface area (Å²) in [5.41, 5.74) is 3.27. The van der Waals surface area contributed by atoms with Crippen LogP contribution in [0.15, 0.2) is 102 Å². The van der Waals surface area contributed by atoms with Crippen molar-refractivity contribution in [2.45, 2.75) is 12.5 Å². The fourth-order valence-corrected chi connectivity index (χ4v) is 7.18. The van der Waals surface area contributed by atoms with Gasteiger partial charge in [0.05, 0.1) is 41.6 Å². The van der Waals surface area contributed by atoms with Crippen LogP contribution in [0.1, 0.15) is 17.5 Å². The molecule has 0 bridgehead atoms. The van der Waals surface area contributed by atoms with Gasteiger partial charge in [0.1, 0.15) is 17.4 Å². The van der Waals surface area contributed by atoms with Gasteiger partial charge in [-0.1, -0.05) is 60.7 Å². The molecule has 2 aliphatic heterocycles. The average Bonchev–Trinajstić information content (AvgIpc) is 3.62. The molecule has 4 aromatic rings. The molecule has 3 heterocycles. The molecule has 0 N–H and O–H groups in total. The molecule has 43 heavy (non-hydrogen) atoms. The summed E-state index contributed by atoms with van der Waals surface area (Å²) < 4.78 is 31.7. The number of carbonyl (C=O) groups excluding carboxylic acids is 2. The maximum Gasteiger partial charge on any atom is 0.272 e. The highest BCUT2D eigenvalue weighted by molar-refractivity contribution is 7.91. The van der Waals surface area contributed by atoms with Crippen molar-refractivity contribution < 1.29 is 22.7 Å². The van der Waals surface area contributed by atoms with Crippen molar-refractivity contribution in [1.29, 1.82) is 5.26 Å². The standard InChI is InChI=1S/C33H26N4O5S/c1-42-27-14-12-22(13-15-27)30-28(32(38)37(33(39)29(30)19-34)26-16-17-43(40,41)21-26)18-24-20-36(25-10-6-3-7-11-25)35-31(24)23-8-4-2-5-9-23/h2-15,18,20,26H,16-17,21H2,1H3/b28-18-. The van der Waals surface area contributed by atoms with Crippen LogP contribution in [0.25, 0.3) is 28.6 Å². The first-order valence-corrected chi connectivity index (χ1v) is 15.4. The number of hydrogen-bond donors (Lipinski definition) is 0. The Morgan fingerprint density at radius 2 is 1.60 bits per heavy atom. The molecule has 3 aromatic carbocycles. The van der Waals surface area contributed by atoms with Gasteiger partial charge in [0.2, 0.25) is 0 Å². The highest BCUT2D eigenvalue weighted by Crippen LogP contribution is 2.38. The Labute approximate surface area is 248 Å². The topological polar surface area (TPSA) is 122 Å². The molecular formula is C33H26N4O5S. The number of methoxy groups -OCH3 is 1. The van der Waals surface area contributed by atoms with Crippen molar-refractivity contribution in [2.24, 2.45) is 0 Å². The van der Waals surface area contributed by atoms with Crippen LogP contribution >= 0.6 is 0 Å². The highest BCUT2D eigenvalue weighted by Gasteiger charge is 2.45. The fourth-order valence-electron chi connectivity index (χ4n) is 5.48. The van der Waals surface area contributed by atoms with Gasteiger partial charge in [0, 0.05) is 22.9 Å². The minimum Gasteiger partial charge on any atom is -0.497 e. The number of para-hydroxylation sites is 1. The van der Waals surface area contributed by atoms with Crippen LogP contribution in [-0.4, -0.2) is 59.6 Å². The number of nitrogens with zero attached hydrogens (tertiary/aromatic N) is 4. The third kappa shape index (κ3) is 5.27. The monoisotopic (exact) mass is 590 g/mol. The maximum absolute atomic E-state index is 14.3. The molecule has 6 rings (SSSR count). The number of rotatable bonds is 6. The van der Waals surface area contributed by atoms with Crippen LogP contribution < -0.4 is 4.74 Å². The average molecular weight is 591 g/mol. The summed E-state index contributed by atoms with van der Waals surface area (Å²) >= 11 is 0. The van der Waals surface area contributed by atoms with Gasteiger partial charge in [-0.25, -0.2) is 13.1 Å². The second kappa shape index (κ2) is 11.2. The summed E-state index contributed by atoms with van der Waals surface area (Å²) in [6, 6.07) is 26.8. The number of imide groups is 1. The van der Waals surface area contributed by atoms with E-state index in [1.54, 1.807) is 41.2 Å². The largest absolute Gasteiger partial charge is 0.497 e. The number of ether oxygens (including phenoxy) is 1. The summed E-state index contributed by atoms with van der Waals surface area (Å²) in [6.45, 7) is 0. The van der Waals surface area contributed by atoms with E-state index >= 15 is 0 Å². The zero-order chi connectivity index (χ0) is 30.1. The Kier molecular flexibility index (Phi) is 7.26. The van der Waals surface area contributed by atoms with Gasteiger partial charge < -0.3 is 4.74 Å². The first-order valence-electron chi connectivity index (χ1n) is 13.6. The van der Waals surface area contributed by atoms with E-state index in [-0.39, 0.29) is 34.6 Å². The SMILES string of the molecule is COc1ccc(C2=C(C#N)C(=O)N(C3CCS(=O)(=O)C3)C(=O)/C2=C\c2cn(-c3ccccc3)nc2-c2ccccc2)cc1. The number of nitriles is 1. The van der Waals surface area contributed by atoms with Gasteiger partial charge >= 0.3 is 0 Å². The van der Waals surface area contributed by atoms with E-state index < -0.39 is 27.7 Å². The number of benzene rings is 3. The molecule has 0 aliphatic carbocycles. The zero-order valence-electron chi connectivity index (χ0n) is 23.2. The van der Waals surface area contributed by atoms with Gasteiger partial charge in [-0.05, 0) is 42.3 Å². The van der Waals surface area contributed by atoms with Gasteiger partial charge in [0.15, 0.2) is 9.84 Å². The normalized spacial score (nSPS) is 19.1. The lowest BCUT2D eigenvalue weighted by atomic mass is 9.86. The molecule has 1 fully saturated rings. The molecule has 0 saturated carbocycles. The summed E-state index contributed by atoms with van der Waals surface area (Å²) in [5.74, 6) is -1.37. The quantitative estimate of drug-likeness (QED) is 0.240. The summed E-state index contributed by atoms with van der Waals surface area (Å²) in [6.07, 6.45) is 3.54. The van der Waals surface area contributed by atoms with Gasteiger partial charge in [-0.2, -0.15) is 10.4 Å². The Hall–Kier alpha value is -5.27. The fraction of sp³-hybridized carbons (Fsp3) is 0.152. The van der Waals surface area contributed by atoms with Crippen LogP contribution in [0.2, 0.25) is 0 Å². The van der Waals surface area contributed by atoms with Crippen molar-refractivity contribution in [1.82, 2.24) is 14.7 Å². The molecule has 1 atom stereocenters. The van der Waals surface area contributed by atoms with Crippen molar-refractivity contribution in [3.8, 4) is 28.8 Å². The number of sulfone groups is 1. The molecule has 1 unspecified atom stereocenters. The lowest BCUT2D eigenvalue weighted by Gasteiger charge is -2.32. The summed E-state index contributed by atoms with van der Waals surface area (Å²) in [4.78, 5) is 28.9. The Balaban J connectivity index is 1.59. The zero-order valence-corrected chi connectivity index (χ0v) is 24.0. The summed E-state index contributed by atoms with van der Waals surface area (Å²) in [7, 11) is -1.90. The molecule has 9 nitrogen and oxygen atoms in total. The number of carbonyl (C=O) groups is 2. The predicted octanol–water partition coefficient (Wildman–Crippen LogP) is 4.46. The van der Waals surface area contributed by atoms with Crippen LogP contribution in [0.5, 0.6) is 5.75 Å². The Bertz CT molecular complexity index is 1940. The van der Waals surface area contributed by atoms with E-state index in [0.717, 1.165) is 16.2 Å². The summed E-state index contributed by atoms with van der Waals surface area (Å²) in [5, 5.41) is 15.1. The van der Waals surface area contributed by atoms with Crippen LogP contribution in [0.4, 0.5) is 0 Å². The lowest BCUT2D eigenvalue weighted by Crippen LogP contribution is -2.49. The second-order valence-electron chi connectivity index (χ2n) is 10.3. The molecule has 2 amide bonds. The Morgan fingerprint density at radius 1 is 0.930 bits per heavy atom. The first kappa shape index (κ1) is 27.9. The van der Waals surface area contributed by atoms with E-state index in [4.69, 9.17) is 9.84 Å². The minimum absolute atomic E-state index is 0.0930. The molecular weight excluding hydrogens is 564 g/mol. The third-order valence-corrected chi connectivity index (χ3v) is 9.33. The van der Waals surface area contributed by atoms with Crippen molar-refractivity contribution in [2.75, 3.05) is 18.6 Å². The minimum atomic E-state index is -3.43. The predicted molar refractivity (Wildman–Crippen MR) is 161 cm³/mol. The molecule has 0 radical (unpaired) electrons. The highest BCUT2D eigenvalue weighted by atomic mass is 32.2. The smallest absolute Gasteiger partial charge is 0.272 e. The Morgan fingerprint density at radius 3 is 2.21 bits per heavy atom. The number of hydrogen-bond acceptors (Lipinski definition) is 7. The van der Waals surface area contributed by atoms with Crippen molar-refractivity contribution in [3.05, 3.63) is 113 Å². The van der Waals surface area contributed by atoms with Crippen molar-refractivity contribution in [3.63, 3.8) is 0 Å². The van der Waals surface area contributed by atoms with E-state index in [1.807, 2.05) is 66.7 Å². The van der Waals surface area contributed by atoms with Crippen LogP contribution in [0.3, 0.4) is 0 Å². The maximum atomic E-state index is 14.3. The molecule has 1 saturated heterocycles. The second-order valence-corrected chi connectivity index (χ2v) is 12.5. The van der Waals surface area contributed by atoms with Gasteiger partial charge in [-0.3, -0.25) is 14.5 Å². The first-order chi connectivity index (χ1) is 20.8. The number of amides is 2. The van der Waals surface area contributed by atoms with E-state index in [2.05, 4.69) is 0 Å². The molecule has 0 spiro atoms. The molecule has 10 heteroatoms. The molecule has 1 aromatic heterocycles. The van der Waals surface area contributed by atoms with Crippen molar-refractivity contribution >= 4 is 33.3 Å². The lowest BCUT2D eigenvalue weighted by molar-refractivity contribution is -0.142. The molecule has 2 aliphatic rings. The van der Waals surface area contributed by atoms with E-state index in [9.17, 15) is 23.3 Å². The van der Waals surface area contributed by atoms with Gasteiger partial charge in [0.25, 0.3) is 11.8 Å². The van der Waals surface area contributed by atoms with E-state index in [0.29, 0.717) is 22.6 Å². The van der Waals surface area contributed by atoms with Crippen LogP contribution in [-0.2, 0) is 19.4 Å².